The maximum Gasteiger partial charge on any atom is 0.409 e. The summed E-state index contributed by atoms with van der Waals surface area (Å²) in [7, 11) is -3.51. The number of nitrogens with one attached hydrogen (secondary N) is 1. The van der Waals surface area contributed by atoms with Crippen molar-refractivity contribution in [2.24, 2.45) is 0 Å². The molecule has 6 nitrogen and oxygen atoms in total. The van der Waals surface area contributed by atoms with Crippen molar-refractivity contribution < 1.29 is 18.3 Å². The Labute approximate surface area is 193 Å². The summed E-state index contributed by atoms with van der Waals surface area (Å²) in [6.07, 6.45) is 2.41. The van der Waals surface area contributed by atoms with Gasteiger partial charge in [0.1, 0.15) is 12.4 Å². The number of rotatable bonds is 9. The third-order valence-electron chi connectivity index (χ3n) is 5.53. The molecule has 8 heteroatoms. The van der Waals surface area contributed by atoms with Gasteiger partial charge < -0.3 is 9.72 Å². The van der Waals surface area contributed by atoms with Crippen molar-refractivity contribution in [1.82, 2.24) is 9.65 Å². The third kappa shape index (κ3) is 4.39. The number of H-pyrrole nitrogens is 1. The van der Waals surface area contributed by atoms with Gasteiger partial charge in [0.05, 0.1) is 19.3 Å². The Morgan fingerprint density at radius 2 is 1.91 bits per heavy atom. The van der Waals surface area contributed by atoms with Gasteiger partial charge in [0, 0.05) is 28.2 Å². The smallest absolute Gasteiger partial charge is 0.409 e. The van der Waals surface area contributed by atoms with Crippen LogP contribution in [0.4, 0.5) is 0 Å². The fourth-order valence-electron chi connectivity index (χ4n) is 4.26. The molecule has 0 aliphatic carbocycles. The van der Waals surface area contributed by atoms with E-state index in [1.165, 1.54) is 5.56 Å². The normalized spacial score (nSPS) is 16.8. The first kappa shape index (κ1) is 23.1. The standard InChI is InChI=1S/C24H28ClN2O4P/c1-4-15-29-19-10-7-17(8-11-19)24-23-20(21-16-18(25)9-12-22(21)26-23)13-14-27(24)32(28,30-5-2)31-6-3/h4,7-12,16,24,26H,1,5-6,13-15H2,2-3H3. The lowest BCUT2D eigenvalue weighted by atomic mass is 9.94. The predicted molar refractivity (Wildman–Crippen MR) is 129 cm³/mol. The molecule has 1 aromatic heterocycles. The molecule has 0 fully saturated rings. The van der Waals surface area contributed by atoms with E-state index in [9.17, 15) is 4.57 Å². The summed E-state index contributed by atoms with van der Waals surface area (Å²) in [5, 5.41) is 1.78. The molecule has 1 unspecified atom stereocenters. The Kier molecular flexibility index (Phi) is 7.08. The minimum atomic E-state index is -3.51. The Hall–Kier alpha value is -2.08. The largest absolute Gasteiger partial charge is 0.490 e. The van der Waals surface area contributed by atoms with Crippen molar-refractivity contribution >= 4 is 30.3 Å². The maximum absolute atomic E-state index is 13.9. The van der Waals surface area contributed by atoms with Gasteiger partial charge in [-0.2, -0.15) is 4.67 Å². The molecule has 0 bridgehead atoms. The molecule has 2 heterocycles. The number of halogens is 1. The second-order valence-corrected chi connectivity index (χ2v) is 9.90. The maximum atomic E-state index is 13.9. The van der Waals surface area contributed by atoms with Crippen molar-refractivity contribution in [2.75, 3.05) is 26.4 Å². The molecule has 1 aliphatic rings. The molecule has 3 aromatic rings. The van der Waals surface area contributed by atoms with Crippen molar-refractivity contribution in [1.29, 1.82) is 0 Å². The quantitative estimate of drug-likeness (QED) is 0.283. The van der Waals surface area contributed by atoms with Crippen LogP contribution < -0.4 is 4.74 Å². The molecule has 0 amide bonds. The molecular weight excluding hydrogens is 447 g/mol. The zero-order valence-electron chi connectivity index (χ0n) is 18.3. The highest BCUT2D eigenvalue weighted by Gasteiger charge is 2.43. The van der Waals surface area contributed by atoms with Crippen LogP contribution in [0, 0.1) is 0 Å². The van der Waals surface area contributed by atoms with Gasteiger partial charge in [-0.3, -0.25) is 9.05 Å². The summed E-state index contributed by atoms with van der Waals surface area (Å²) in [5.41, 5.74) is 4.12. The predicted octanol–water partition coefficient (Wildman–Crippen LogP) is 6.51. The average Bonchev–Trinajstić information content (AvgIpc) is 3.15. The first-order valence-electron chi connectivity index (χ1n) is 10.8. The van der Waals surface area contributed by atoms with Crippen LogP contribution in [-0.2, 0) is 20.0 Å². The highest BCUT2D eigenvalue weighted by Crippen LogP contribution is 2.59. The van der Waals surface area contributed by atoms with Gasteiger partial charge in [-0.15, -0.1) is 0 Å². The van der Waals surface area contributed by atoms with E-state index in [1.807, 2.05) is 61.0 Å². The second kappa shape index (κ2) is 9.82. The van der Waals surface area contributed by atoms with Gasteiger partial charge in [-0.25, -0.2) is 4.57 Å². The van der Waals surface area contributed by atoms with Crippen molar-refractivity contribution in [3.8, 4) is 5.75 Å². The van der Waals surface area contributed by atoms with Crippen LogP contribution in [0.25, 0.3) is 10.9 Å². The lowest BCUT2D eigenvalue weighted by molar-refractivity contribution is 0.151. The van der Waals surface area contributed by atoms with E-state index in [0.29, 0.717) is 37.8 Å². The number of aromatic nitrogens is 1. The summed E-state index contributed by atoms with van der Waals surface area (Å²) < 4.78 is 32.8. The number of nitrogens with zero attached hydrogens (tertiary/aromatic N) is 1. The van der Waals surface area contributed by atoms with Crippen LogP contribution in [0.1, 0.15) is 36.7 Å². The second-order valence-electron chi connectivity index (χ2n) is 7.50. The van der Waals surface area contributed by atoms with Crippen molar-refractivity contribution in [3.05, 3.63) is 77.0 Å². The fraction of sp³-hybridized carbons (Fsp3) is 0.333. The third-order valence-corrected chi connectivity index (χ3v) is 7.99. The molecule has 1 aliphatic heterocycles. The van der Waals surface area contributed by atoms with Crippen LogP contribution in [0.15, 0.2) is 55.1 Å². The summed E-state index contributed by atoms with van der Waals surface area (Å²) in [6.45, 7) is 8.90. The van der Waals surface area contributed by atoms with Gasteiger partial charge in [0.2, 0.25) is 0 Å². The molecule has 32 heavy (non-hydrogen) atoms. The SMILES string of the molecule is C=CCOc1ccc(C2c3[nH]c4ccc(Cl)cc4c3CCN2P(=O)(OCC)OCC)cc1. The number of hydrogen-bond acceptors (Lipinski definition) is 4. The Balaban J connectivity index is 1.84. The van der Waals surface area contributed by atoms with Crippen LogP contribution in [0.3, 0.4) is 0 Å². The molecule has 0 saturated heterocycles. The highest BCUT2D eigenvalue weighted by atomic mass is 35.5. The number of aromatic amines is 1. The molecule has 4 rings (SSSR count). The molecule has 0 saturated carbocycles. The molecule has 0 radical (unpaired) electrons. The zero-order chi connectivity index (χ0) is 22.7. The summed E-state index contributed by atoms with van der Waals surface area (Å²) >= 11 is 6.28. The van der Waals surface area contributed by atoms with Gasteiger partial charge in [-0.1, -0.05) is 36.4 Å². The summed E-state index contributed by atoms with van der Waals surface area (Å²) in [5.74, 6) is 0.748. The molecule has 2 aromatic carbocycles. The van der Waals surface area contributed by atoms with Crippen LogP contribution in [0.5, 0.6) is 5.75 Å². The van der Waals surface area contributed by atoms with E-state index < -0.39 is 7.75 Å². The lowest BCUT2D eigenvalue weighted by Gasteiger charge is -2.39. The number of benzene rings is 2. The van der Waals surface area contributed by atoms with Crippen LogP contribution in [0.2, 0.25) is 5.02 Å². The fourth-order valence-corrected chi connectivity index (χ4v) is 6.34. The molecule has 1 N–H and O–H groups in total. The zero-order valence-corrected chi connectivity index (χ0v) is 20.0. The van der Waals surface area contributed by atoms with Gasteiger partial charge in [0.15, 0.2) is 0 Å². The average molecular weight is 475 g/mol. The molecular formula is C24H28ClN2O4P. The molecule has 0 spiro atoms. The Morgan fingerprint density at radius 1 is 1.19 bits per heavy atom. The van der Waals surface area contributed by atoms with Gasteiger partial charge in [0.25, 0.3) is 0 Å². The number of hydrogen-bond donors (Lipinski definition) is 1. The minimum Gasteiger partial charge on any atom is -0.490 e. The van der Waals surface area contributed by atoms with E-state index in [4.69, 9.17) is 25.4 Å². The van der Waals surface area contributed by atoms with Gasteiger partial charge in [-0.05, 0) is 61.7 Å². The number of fused-ring (bicyclic) bond motifs is 3. The van der Waals surface area contributed by atoms with E-state index >= 15 is 0 Å². The van der Waals surface area contributed by atoms with E-state index in [2.05, 4.69) is 11.6 Å². The summed E-state index contributed by atoms with van der Waals surface area (Å²) in [6, 6.07) is 13.3. The monoisotopic (exact) mass is 474 g/mol. The first-order chi connectivity index (χ1) is 15.5. The van der Waals surface area contributed by atoms with Crippen LogP contribution in [-0.4, -0.2) is 36.0 Å². The molecule has 170 valence electrons. The number of ether oxygens (including phenoxy) is 1. The van der Waals surface area contributed by atoms with Crippen LogP contribution >= 0.6 is 19.3 Å². The Morgan fingerprint density at radius 3 is 2.56 bits per heavy atom. The summed E-state index contributed by atoms with van der Waals surface area (Å²) in [4.78, 5) is 3.55. The minimum absolute atomic E-state index is 0.296. The van der Waals surface area contributed by atoms with E-state index in [0.717, 1.165) is 27.9 Å². The highest BCUT2D eigenvalue weighted by molar-refractivity contribution is 7.51. The Bertz CT molecular complexity index is 1130. The van der Waals surface area contributed by atoms with Crippen molar-refractivity contribution in [2.45, 2.75) is 26.3 Å². The topological polar surface area (TPSA) is 63.8 Å². The molecule has 1 atom stereocenters. The van der Waals surface area contributed by atoms with Crippen molar-refractivity contribution in [3.63, 3.8) is 0 Å². The van der Waals surface area contributed by atoms with E-state index in [-0.39, 0.29) is 6.04 Å². The first-order valence-corrected chi connectivity index (χ1v) is 12.7. The lowest BCUT2D eigenvalue weighted by Crippen LogP contribution is -2.35. The van der Waals surface area contributed by atoms with E-state index in [1.54, 1.807) is 6.08 Å². The van der Waals surface area contributed by atoms with Gasteiger partial charge >= 0.3 is 7.75 Å².